The Hall–Kier alpha value is -4.26. The van der Waals surface area contributed by atoms with E-state index in [0.717, 1.165) is 22.5 Å². The molecular formula is C28H26N4O3. The molecule has 0 radical (unpaired) electrons. The molecule has 2 aliphatic rings. The number of amides is 2. The number of benzene rings is 3. The molecule has 0 aliphatic carbocycles. The van der Waals surface area contributed by atoms with Gasteiger partial charge in [0.15, 0.2) is 5.78 Å². The van der Waals surface area contributed by atoms with Crippen LogP contribution in [0.2, 0.25) is 0 Å². The third-order valence-electron chi connectivity index (χ3n) is 6.56. The lowest BCUT2D eigenvalue weighted by Crippen LogP contribution is -2.47. The molecule has 3 unspecified atom stereocenters. The minimum Gasteiger partial charge on any atom is -0.374 e. The van der Waals surface area contributed by atoms with E-state index in [4.69, 9.17) is 0 Å². The van der Waals surface area contributed by atoms with Gasteiger partial charge in [-0.05, 0) is 35.7 Å². The third-order valence-corrected chi connectivity index (χ3v) is 6.56. The van der Waals surface area contributed by atoms with Crippen LogP contribution in [-0.4, -0.2) is 29.4 Å². The first-order valence-electron chi connectivity index (χ1n) is 11.7. The monoisotopic (exact) mass is 466 g/mol. The summed E-state index contributed by atoms with van der Waals surface area (Å²) < 4.78 is 0. The Balaban J connectivity index is 1.37. The molecule has 0 bridgehead atoms. The maximum absolute atomic E-state index is 13.4. The van der Waals surface area contributed by atoms with E-state index in [0.29, 0.717) is 24.1 Å². The second kappa shape index (κ2) is 9.54. The van der Waals surface area contributed by atoms with Crippen LogP contribution in [0.5, 0.6) is 0 Å². The number of ketones is 1. The van der Waals surface area contributed by atoms with Gasteiger partial charge in [-0.25, -0.2) is 5.43 Å². The smallest absolute Gasteiger partial charge is 0.240 e. The average Bonchev–Trinajstić information content (AvgIpc) is 2.88. The van der Waals surface area contributed by atoms with E-state index in [-0.39, 0.29) is 23.5 Å². The topological polar surface area (TPSA) is 99.7 Å². The highest BCUT2D eigenvalue weighted by atomic mass is 16.2. The lowest BCUT2D eigenvalue weighted by atomic mass is 9.82. The average molecular weight is 467 g/mol. The molecule has 3 aromatic carbocycles. The van der Waals surface area contributed by atoms with E-state index in [9.17, 15) is 14.4 Å². The summed E-state index contributed by atoms with van der Waals surface area (Å²) in [5.74, 6) is -0.975. The predicted molar refractivity (Wildman–Crippen MR) is 135 cm³/mol. The molecule has 7 heteroatoms. The zero-order valence-electron chi connectivity index (χ0n) is 19.3. The number of hydrogen-bond donors (Lipinski definition) is 3. The number of carbonyl (C=O) groups is 3. The molecule has 2 aliphatic heterocycles. The molecule has 0 saturated heterocycles. The van der Waals surface area contributed by atoms with Crippen molar-refractivity contribution < 1.29 is 14.4 Å². The van der Waals surface area contributed by atoms with Crippen molar-refractivity contribution in [3.05, 3.63) is 95.6 Å². The molecule has 0 spiro atoms. The van der Waals surface area contributed by atoms with Gasteiger partial charge in [0.05, 0.1) is 11.6 Å². The van der Waals surface area contributed by atoms with Crippen LogP contribution in [0.3, 0.4) is 0 Å². The van der Waals surface area contributed by atoms with Crippen molar-refractivity contribution >= 4 is 34.7 Å². The SMILES string of the molecule is CC1CC(=O)NN=C1c1ccc(NC(=O)C2Cc3ccccc3NC2C(=O)c2ccccc2)cc1. The number of nitrogens with one attached hydrogen (secondary N) is 3. The summed E-state index contributed by atoms with van der Waals surface area (Å²) in [4.78, 5) is 38.3. The number of nitrogens with zero attached hydrogens (tertiary/aromatic N) is 1. The molecule has 176 valence electrons. The third kappa shape index (κ3) is 4.71. The zero-order chi connectivity index (χ0) is 24.4. The molecular weight excluding hydrogens is 440 g/mol. The summed E-state index contributed by atoms with van der Waals surface area (Å²) in [6.07, 6.45) is 0.856. The number of anilines is 2. The molecule has 2 amide bonds. The van der Waals surface area contributed by atoms with Gasteiger partial charge in [-0.2, -0.15) is 5.10 Å². The van der Waals surface area contributed by atoms with Gasteiger partial charge in [0.25, 0.3) is 0 Å². The Morgan fingerprint density at radius 3 is 2.37 bits per heavy atom. The second-order valence-corrected chi connectivity index (χ2v) is 9.02. The summed E-state index contributed by atoms with van der Waals surface area (Å²) in [6.45, 7) is 1.96. The molecule has 35 heavy (non-hydrogen) atoms. The first-order valence-corrected chi connectivity index (χ1v) is 11.7. The van der Waals surface area contributed by atoms with Gasteiger partial charge in [-0.3, -0.25) is 14.4 Å². The molecule has 0 saturated carbocycles. The van der Waals surface area contributed by atoms with E-state index < -0.39 is 12.0 Å². The number of rotatable bonds is 5. The van der Waals surface area contributed by atoms with Crippen LogP contribution in [0, 0.1) is 11.8 Å². The lowest BCUT2D eigenvalue weighted by Gasteiger charge is -2.33. The van der Waals surface area contributed by atoms with Gasteiger partial charge in [-0.15, -0.1) is 0 Å². The van der Waals surface area contributed by atoms with Crippen LogP contribution in [0.1, 0.15) is 34.8 Å². The predicted octanol–water partition coefficient (Wildman–Crippen LogP) is 4.02. The van der Waals surface area contributed by atoms with E-state index in [2.05, 4.69) is 21.2 Å². The number of hydrazone groups is 1. The van der Waals surface area contributed by atoms with Gasteiger partial charge in [0.2, 0.25) is 11.8 Å². The van der Waals surface area contributed by atoms with Crippen LogP contribution in [0.4, 0.5) is 11.4 Å². The van der Waals surface area contributed by atoms with Gasteiger partial charge in [-0.1, -0.05) is 67.6 Å². The van der Waals surface area contributed by atoms with E-state index in [1.165, 1.54) is 0 Å². The maximum Gasteiger partial charge on any atom is 0.240 e. The van der Waals surface area contributed by atoms with Crippen LogP contribution < -0.4 is 16.1 Å². The molecule has 3 atom stereocenters. The van der Waals surface area contributed by atoms with Crippen LogP contribution in [-0.2, 0) is 16.0 Å². The van der Waals surface area contributed by atoms with Gasteiger partial charge < -0.3 is 10.6 Å². The summed E-state index contributed by atoms with van der Waals surface area (Å²) in [5.41, 5.74) is 7.32. The van der Waals surface area contributed by atoms with E-state index in [1.807, 2.05) is 73.7 Å². The van der Waals surface area contributed by atoms with E-state index >= 15 is 0 Å². The Morgan fingerprint density at radius 1 is 0.914 bits per heavy atom. The number of carbonyl (C=O) groups excluding carboxylic acids is 3. The second-order valence-electron chi connectivity index (χ2n) is 9.02. The molecule has 2 heterocycles. The minimum absolute atomic E-state index is 0.0160. The lowest BCUT2D eigenvalue weighted by molar-refractivity contribution is -0.122. The van der Waals surface area contributed by atoms with Crippen molar-refractivity contribution in [1.82, 2.24) is 5.43 Å². The van der Waals surface area contributed by atoms with Crippen LogP contribution >= 0.6 is 0 Å². The highest BCUT2D eigenvalue weighted by Crippen LogP contribution is 2.31. The van der Waals surface area contributed by atoms with Gasteiger partial charge in [0.1, 0.15) is 6.04 Å². The van der Waals surface area contributed by atoms with Crippen molar-refractivity contribution in [2.75, 3.05) is 10.6 Å². The molecule has 3 N–H and O–H groups in total. The van der Waals surface area contributed by atoms with Crippen molar-refractivity contribution in [3.63, 3.8) is 0 Å². The van der Waals surface area contributed by atoms with Crippen molar-refractivity contribution in [1.29, 1.82) is 0 Å². The highest BCUT2D eigenvalue weighted by Gasteiger charge is 2.38. The fraction of sp³-hybridized carbons (Fsp3) is 0.214. The van der Waals surface area contributed by atoms with Gasteiger partial charge in [0, 0.05) is 29.3 Å². The summed E-state index contributed by atoms with van der Waals surface area (Å²) in [5, 5.41) is 10.5. The maximum atomic E-state index is 13.4. The molecule has 0 aromatic heterocycles. The summed E-state index contributed by atoms with van der Waals surface area (Å²) in [7, 11) is 0. The molecule has 5 rings (SSSR count). The minimum atomic E-state index is -0.673. The molecule has 0 fully saturated rings. The quantitative estimate of drug-likeness (QED) is 0.495. The number of para-hydroxylation sites is 1. The van der Waals surface area contributed by atoms with Crippen LogP contribution in [0.15, 0.2) is 84.0 Å². The van der Waals surface area contributed by atoms with Gasteiger partial charge >= 0.3 is 0 Å². The Bertz CT molecular complexity index is 1300. The highest BCUT2D eigenvalue weighted by molar-refractivity contribution is 6.08. The first-order chi connectivity index (χ1) is 17.0. The normalized spacial score (nSPS) is 21.1. The molecule has 3 aromatic rings. The molecule has 7 nitrogen and oxygen atoms in total. The van der Waals surface area contributed by atoms with Crippen molar-refractivity contribution in [2.45, 2.75) is 25.8 Å². The first kappa shape index (κ1) is 22.5. The largest absolute Gasteiger partial charge is 0.374 e. The number of Topliss-reactive ketones (excluding diaryl/α,β-unsaturated/α-hetero) is 1. The van der Waals surface area contributed by atoms with E-state index in [1.54, 1.807) is 12.1 Å². The fourth-order valence-electron chi connectivity index (χ4n) is 4.70. The number of hydrogen-bond acceptors (Lipinski definition) is 5. The van der Waals surface area contributed by atoms with Crippen molar-refractivity contribution in [2.24, 2.45) is 16.9 Å². The fourth-order valence-corrected chi connectivity index (χ4v) is 4.70. The zero-order valence-corrected chi connectivity index (χ0v) is 19.3. The number of fused-ring (bicyclic) bond motifs is 1. The van der Waals surface area contributed by atoms with Crippen molar-refractivity contribution in [3.8, 4) is 0 Å². The summed E-state index contributed by atoms with van der Waals surface area (Å²) >= 11 is 0. The Labute approximate surface area is 203 Å². The Kier molecular flexibility index (Phi) is 6.14. The Morgan fingerprint density at radius 2 is 1.63 bits per heavy atom. The summed E-state index contributed by atoms with van der Waals surface area (Å²) in [6, 6.07) is 23.5. The van der Waals surface area contributed by atoms with Crippen LogP contribution in [0.25, 0.3) is 0 Å². The standard InChI is InChI=1S/C28H26N4O3/c1-17-15-24(33)31-32-25(17)18-11-13-21(14-12-18)29-28(35)22-16-20-9-5-6-10-23(20)30-26(22)27(34)19-7-3-2-4-8-19/h2-14,17,22,26,30H,15-16H2,1H3,(H,29,35)(H,31,33).